The SMILES string of the molecule is CC(NCCCOCc1ccco1)c1cccc(C#N)c1. The van der Waals surface area contributed by atoms with Crippen molar-refractivity contribution in [2.75, 3.05) is 13.2 Å². The standard InChI is InChI=1S/C17H20N2O2/c1-14(16-6-2-5-15(11-16)12-18)19-8-4-9-20-13-17-7-3-10-21-17/h2-3,5-7,10-11,14,19H,4,8-9,13H2,1H3. The molecule has 0 saturated heterocycles. The normalized spacial score (nSPS) is 12.0. The number of rotatable bonds is 8. The fourth-order valence-corrected chi connectivity index (χ4v) is 2.06. The van der Waals surface area contributed by atoms with E-state index in [0.29, 0.717) is 18.8 Å². The Morgan fingerprint density at radius 2 is 2.24 bits per heavy atom. The molecule has 2 rings (SSSR count). The number of hydrogen-bond acceptors (Lipinski definition) is 4. The Hall–Kier alpha value is -2.09. The molecule has 4 heteroatoms. The van der Waals surface area contributed by atoms with Crippen LogP contribution in [0.2, 0.25) is 0 Å². The van der Waals surface area contributed by atoms with E-state index in [1.807, 2.05) is 36.4 Å². The van der Waals surface area contributed by atoms with Crippen LogP contribution in [0.25, 0.3) is 0 Å². The van der Waals surface area contributed by atoms with Crippen LogP contribution in [0.4, 0.5) is 0 Å². The highest BCUT2D eigenvalue weighted by atomic mass is 16.5. The number of hydrogen-bond donors (Lipinski definition) is 1. The number of nitrogens with one attached hydrogen (secondary N) is 1. The first kappa shape index (κ1) is 15.3. The van der Waals surface area contributed by atoms with E-state index in [1.165, 1.54) is 0 Å². The van der Waals surface area contributed by atoms with Gasteiger partial charge in [-0.25, -0.2) is 0 Å². The van der Waals surface area contributed by atoms with Gasteiger partial charge >= 0.3 is 0 Å². The van der Waals surface area contributed by atoms with Crippen LogP contribution in [-0.2, 0) is 11.3 Å². The second kappa shape index (κ2) is 8.25. The summed E-state index contributed by atoms with van der Waals surface area (Å²) < 4.78 is 10.7. The lowest BCUT2D eigenvalue weighted by Crippen LogP contribution is -2.21. The maximum Gasteiger partial charge on any atom is 0.129 e. The third kappa shape index (κ3) is 5.07. The van der Waals surface area contributed by atoms with Gasteiger partial charge in [0.25, 0.3) is 0 Å². The molecule has 1 aromatic carbocycles. The third-order valence-corrected chi connectivity index (χ3v) is 3.26. The summed E-state index contributed by atoms with van der Waals surface area (Å²) in [4.78, 5) is 0. The van der Waals surface area contributed by atoms with Gasteiger partial charge in [-0.1, -0.05) is 12.1 Å². The molecule has 1 heterocycles. The highest BCUT2D eigenvalue weighted by Gasteiger charge is 2.05. The molecular formula is C17H20N2O2. The average Bonchev–Trinajstić information content (AvgIpc) is 3.04. The van der Waals surface area contributed by atoms with Crippen LogP contribution in [0.15, 0.2) is 47.1 Å². The lowest BCUT2D eigenvalue weighted by atomic mass is 10.1. The molecular weight excluding hydrogens is 264 g/mol. The molecule has 110 valence electrons. The number of benzene rings is 1. The number of ether oxygens (including phenoxy) is 1. The van der Waals surface area contributed by atoms with Gasteiger partial charge in [0.1, 0.15) is 12.4 Å². The van der Waals surface area contributed by atoms with Crippen molar-refractivity contribution in [1.29, 1.82) is 5.26 Å². The second-order valence-corrected chi connectivity index (χ2v) is 4.90. The van der Waals surface area contributed by atoms with Crippen molar-refractivity contribution in [3.05, 3.63) is 59.5 Å². The molecule has 1 N–H and O–H groups in total. The largest absolute Gasteiger partial charge is 0.467 e. The van der Waals surface area contributed by atoms with Gasteiger partial charge in [0, 0.05) is 12.6 Å². The maximum atomic E-state index is 8.90. The number of nitrogens with zero attached hydrogens (tertiary/aromatic N) is 1. The van der Waals surface area contributed by atoms with E-state index in [1.54, 1.807) is 6.26 Å². The Morgan fingerprint density at radius 1 is 1.33 bits per heavy atom. The van der Waals surface area contributed by atoms with Crippen LogP contribution >= 0.6 is 0 Å². The average molecular weight is 284 g/mol. The van der Waals surface area contributed by atoms with Gasteiger partial charge in [-0.05, 0) is 49.7 Å². The van der Waals surface area contributed by atoms with Crippen molar-refractivity contribution >= 4 is 0 Å². The minimum atomic E-state index is 0.225. The van der Waals surface area contributed by atoms with Gasteiger partial charge < -0.3 is 14.5 Å². The van der Waals surface area contributed by atoms with Crippen LogP contribution in [0.3, 0.4) is 0 Å². The van der Waals surface area contributed by atoms with E-state index in [2.05, 4.69) is 18.3 Å². The third-order valence-electron chi connectivity index (χ3n) is 3.26. The predicted octanol–water partition coefficient (Wildman–Crippen LogP) is 3.41. The number of furan rings is 1. The summed E-state index contributed by atoms with van der Waals surface area (Å²) in [6.07, 6.45) is 2.58. The lowest BCUT2D eigenvalue weighted by molar-refractivity contribution is 0.104. The summed E-state index contributed by atoms with van der Waals surface area (Å²) in [6, 6.07) is 13.8. The van der Waals surface area contributed by atoms with Crippen LogP contribution in [0.1, 0.15) is 36.3 Å². The van der Waals surface area contributed by atoms with Crippen LogP contribution in [-0.4, -0.2) is 13.2 Å². The monoisotopic (exact) mass is 284 g/mol. The Labute approximate surface area is 125 Å². The van der Waals surface area contributed by atoms with Gasteiger partial charge in [-0.3, -0.25) is 0 Å². The molecule has 0 fully saturated rings. The highest BCUT2D eigenvalue weighted by molar-refractivity contribution is 5.33. The van der Waals surface area contributed by atoms with Gasteiger partial charge in [0.2, 0.25) is 0 Å². The fraction of sp³-hybridized carbons (Fsp3) is 0.353. The number of nitriles is 1. The lowest BCUT2D eigenvalue weighted by Gasteiger charge is -2.14. The maximum absolute atomic E-state index is 8.90. The first-order chi connectivity index (χ1) is 10.3. The summed E-state index contributed by atoms with van der Waals surface area (Å²) in [5, 5.41) is 12.3. The van der Waals surface area contributed by atoms with E-state index < -0.39 is 0 Å². The van der Waals surface area contributed by atoms with Gasteiger partial charge in [0.15, 0.2) is 0 Å². The van der Waals surface area contributed by atoms with Crippen LogP contribution < -0.4 is 5.32 Å². The molecule has 0 spiro atoms. The molecule has 0 amide bonds. The minimum Gasteiger partial charge on any atom is -0.467 e. The first-order valence-electron chi connectivity index (χ1n) is 7.13. The van der Waals surface area contributed by atoms with E-state index in [-0.39, 0.29) is 6.04 Å². The van der Waals surface area contributed by atoms with Crippen molar-refractivity contribution < 1.29 is 9.15 Å². The molecule has 0 aliphatic rings. The molecule has 1 atom stereocenters. The van der Waals surface area contributed by atoms with Crippen molar-refractivity contribution in [1.82, 2.24) is 5.32 Å². The minimum absolute atomic E-state index is 0.225. The zero-order chi connectivity index (χ0) is 14.9. The van der Waals surface area contributed by atoms with Gasteiger partial charge in [-0.2, -0.15) is 5.26 Å². The molecule has 0 saturated carbocycles. The van der Waals surface area contributed by atoms with Crippen molar-refractivity contribution in [2.24, 2.45) is 0 Å². The molecule has 0 aliphatic carbocycles. The Balaban J connectivity index is 1.62. The van der Waals surface area contributed by atoms with Crippen molar-refractivity contribution in [3.63, 3.8) is 0 Å². The van der Waals surface area contributed by atoms with Gasteiger partial charge in [0.05, 0.1) is 17.9 Å². The zero-order valence-electron chi connectivity index (χ0n) is 12.2. The van der Waals surface area contributed by atoms with E-state index >= 15 is 0 Å². The summed E-state index contributed by atoms with van der Waals surface area (Å²) >= 11 is 0. The van der Waals surface area contributed by atoms with Crippen LogP contribution in [0, 0.1) is 11.3 Å². The Morgan fingerprint density at radius 3 is 3.00 bits per heavy atom. The molecule has 0 radical (unpaired) electrons. The summed E-state index contributed by atoms with van der Waals surface area (Å²) in [5.74, 6) is 0.852. The Bertz CT molecular complexity index is 573. The predicted molar refractivity (Wildman–Crippen MR) is 80.6 cm³/mol. The molecule has 1 unspecified atom stereocenters. The summed E-state index contributed by atoms with van der Waals surface area (Å²) in [7, 11) is 0. The summed E-state index contributed by atoms with van der Waals surface area (Å²) in [6.45, 7) is 4.18. The van der Waals surface area contributed by atoms with E-state index in [9.17, 15) is 0 Å². The second-order valence-electron chi connectivity index (χ2n) is 4.90. The van der Waals surface area contributed by atoms with E-state index in [0.717, 1.165) is 24.3 Å². The van der Waals surface area contributed by atoms with Crippen LogP contribution in [0.5, 0.6) is 0 Å². The molecule has 21 heavy (non-hydrogen) atoms. The molecule has 1 aromatic heterocycles. The van der Waals surface area contributed by atoms with E-state index in [4.69, 9.17) is 14.4 Å². The quantitative estimate of drug-likeness (QED) is 0.755. The Kier molecular flexibility index (Phi) is 6.01. The first-order valence-corrected chi connectivity index (χ1v) is 7.13. The molecule has 2 aromatic rings. The summed E-state index contributed by atoms with van der Waals surface area (Å²) in [5.41, 5.74) is 1.83. The van der Waals surface area contributed by atoms with Crippen molar-refractivity contribution in [2.45, 2.75) is 26.0 Å². The van der Waals surface area contributed by atoms with Crippen molar-refractivity contribution in [3.8, 4) is 6.07 Å². The topological polar surface area (TPSA) is 58.2 Å². The zero-order valence-corrected chi connectivity index (χ0v) is 12.2. The smallest absolute Gasteiger partial charge is 0.129 e. The molecule has 0 bridgehead atoms. The highest BCUT2D eigenvalue weighted by Crippen LogP contribution is 2.13. The fourth-order valence-electron chi connectivity index (χ4n) is 2.06. The molecule has 0 aliphatic heterocycles. The van der Waals surface area contributed by atoms with Gasteiger partial charge in [-0.15, -0.1) is 0 Å². The molecule has 4 nitrogen and oxygen atoms in total.